The highest BCUT2D eigenvalue weighted by molar-refractivity contribution is 6.05. The molecule has 0 saturated carbocycles. The van der Waals surface area contributed by atoms with Crippen LogP contribution in [0, 0.1) is 0 Å². The van der Waals surface area contributed by atoms with Crippen molar-refractivity contribution >= 4 is 22.7 Å². The maximum absolute atomic E-state index is 12.6. The highest BCUT2D eigenvalue weighted by atomic mass is 16.5. The number of methoxy groups -OCH3 is 1. The summed E-state index contributed by atoms with van der Waals surface area (Å²) in [6.45, 7) is 3.63. The van der Waals surface area contributed by atoms with Gasteiger partial charge in [-0.05, 0) is 30.7 Å². The van der Waals surface area contributed by atoms with E-state index >= 15 is 0 Å². The summed E-state index contributed by atoms with van der Waals surface area (Å²) in [5, 5.41) is 5.09. The van der Waals surface area contributed by atoms with Crippen molar-refractivity contribution < 1.29 is 19.1 Å². The molecule has 5 nitrogen and oxygen atoms in total. The number of fused-ring (bicyclic) bond motifs is 5. The van der Waals surface area contributed by atoms with Crippen LogP contribution in [-0.4, -0.2) is 19.0 Å². The van der Waals surface area contributed by atoms with Gasteiger partial charge in [0.25, 0.3) is 0 Å². The van der Waals surface area contributed by atoms with Gasteiger partial charge in [-0.25, -0.2) is 9.59 Å². The SMILES string of the molecule is COC(=O)C1=C(C)NC(C)=C2C(=O)Oc3ccc4ccccc4c3C12. The van der Waals surface area contributed by atoms with Crippen molar-refractivity contribution in [2.75, 3.05) is 7.11 Å². The molecule has 0 amide bonds. The van der Waals surface area contributed by atoms with Gasteiger partial charge < -0.3 is 14.8 Å². The van der Waals surface area contributed by atoms with Crippen molar-refractivity contribution in [1.82, 2.24) is 5.32 Å². The van der Waals surface area contributed by atoms with E-state index in [0.717, 1.165) is 16.3 Å². The summed E-state index contributed by atoms with van der Waals surface area (Å²) >= 11 is 0. The third-order valence-corrected chi connectivity index (χ3v) is 4.81. The highest BCUT2D eigenvalue weighted by Crippen LogP contribution is 2.48. The molecule has 1 N–H and O–H groups in total. The number of esters is 2. The van der Waals surface area contributed by atoms with Crippen LogP contribution in [0.25, 0.3) is 10.8 Å². The fraction of sp³-hybridized carbons (Fsp3) is 0.200. The average Bonchev–Trinajstić information content (AvgIpc) is 2.60. The van der Waals surface area contributed by atoms with Gasteiger partial charge >= 0.3 is 11.9 Å². The van der Waals surface area contributed by atoms with Crippen LogP contribution in [0.3, 0.4) is 0 Å². The zero-order valence-corrected chi connectivity index (χ0v) is 14.2. The number of hydrogen-bond donors (Lipinski definition) is 1. The molecule has 2 heterocycles. The molecular weight excluding hydrogens is 318 g/mol. The third kappa shape index (κ3) is 2.16. The summed E-state index contributed by atoms with van der Waals surface area (Å²) in [5.41, 5.74) is 3.10. The van der Waals surface area contributed by atoms with Crippen LogP contribution < -0.4 is 10.1 Å². The lowest BCUT2D eigenvalue weighted by atomic mass is 9.77. The Morgan fingerprint density at radius 2 is 1.88 bits per heavy atom. The van der Waals surface area contributed by atoms with Crippen LogP contribution in [0.1, 0.15) is 25.3 Å². The minimum atomic E-state index is -0.504. The quantitative estimate of drug-likeness (QED) is 0.640. The second kappa shape index (κ2) is 5.48. The molecule has 5 heteroatoms. The van der Waals surface area contributed by atoms with Gasteiger partial charge in [-0.1, -0.05) is 30.3 Å². The molecule has 0 aromatic heterocycles. The Morgan fingerprint density at radius 3 is 2.64 bits per heavy atom. The van der Waals surface area contributed by atoms with Crippen molar-refractivity contribution in [3.63, 3.8) is 0 Å². The molecule has 0 aliphatic carbocycles. The lowest BCUT2D eigenvalue weighted by Gasteiger charge is -2.34. The molecule has 1 atom stereocenters. The van der Waals surface area contributed by atoms with Crippen LogP contribution in [0.4, 0.5) is 0 Å². The van der Waals surface area contributed by atoms with Crippen LogP contribution in [0.15, 0.2) is 58.9 Å². The summed E-state index contributed by atoms with van der Waals surface area (Å²) in [7, 11) is 1.35. The average molecular weight is 335 g/mol. The Morgan fingerprint density at radius 1 is 1.12 bits per heavy atom. The maximum Gasteiger partial charge on any atom is 0.342 e. The molecule has 0 radical (unpaired) electrons. The van der Waals surface area contributed by atoms with E-state index in [2.05, 4.69) is 5.32 Å². The minimum Gasteiger partial charge on any atom is -0.466 e. The zero-order chi connectivity index (χ0) is 17.7. The van der Waals surface area contributed by atoms with Gasteiger partial charge in [-0.3, -0.25) is 0 Å². The van der Waals surface area contributed by atoms with Gasteiger partial charge in [-0.15, -0.1) is 0 Å². The summed E-state index contributed by atoms with van der Waals surface area (Å²) in [6, 6.07) is 11.6. The Balaban J connectivity index is 2.09. The molecule has 4 rings (SSSR count). The predicted octanol–water partition coefficient (Wildman–Crippen LogP) is 3.17. The fourth-order valence-electron chi connectivity index (χ4n) is 3.75. The van der Waals surface area contributed by atoms with Gasteiger partial charge in [-0.2, -0.15) is 0 Å². The standard InChI is InChI=1S/C20H17NO4/c1-10-15(19(22)24-3)18-16(11(2)21-10)20(23)25-14-9-8-12-6-4-5-7-13(12)17(14)18/h4-9,18,21H,1-3H3. The van der Waals surface area contributed by atoms with Crippen molar-refractivity contribution in [3.05, 3.63) is 64.5 Å². The van der Waals surface area contributed by atoms with Crippen molar-refractivity contribution in [1.29, 1.82) is 0 Å². The Hall–Kier alpha value is -3.08. The van der Waals surface area contributed by atoms with E-state index in [1.54, 1.807) is 6.07 Å². The number of hydrogen-bond acceptors (Lipinski definition) is 5. The molecule has 1 unspecified atom stereocenters. The van der Waals surface area contributed by atoms with E-state index in [4.69, 9.17) is 9.47 Å². The number of allylic oxidation sites excluding steroid dienone is 2. The monoisotopic (exact) mass is 335 g/mol. The molecule has 0 spiro atoms. The fourth-order valence-corrected chi connectivity index (χ4v) is 3.75. The highest BCUT2D eigenvalue weighted by Gasteiger charge is 2.43. The summed E-state index contributed by atoms with van der Waals surface area (Å²) in [5.74, 6) is -0.905. The van der Waals surface area contributed by atoms with Crippen LogP contribution in [-0.2, 0) is 14.3 Å². The lowest BCUT2D eigenvalue weighted by Crippen LogP contribution is -2.36. The van der Waals surface area contributed by atoms with Gasteiger partial charge in [0.05, 0.1) is 24.2 Å². The summed E-state index contributed by atoms with van der Waals surface area (Å²) in [4.78, 5) is 25.1. The third-order valence-electron chi connectivity index (χ3n) is 4.81. The number of carbonyl (C=O) groups is 2. The number of carbonyl (C=O) groups excluding carboxylic acids is 2. The first-order chi connectivity index (χ1) is 12.0. The summed E-state index contributed by atoms with van der Waals surface area (Å²) < 4.78 is 10.6. The number of ether oxygens (including phenoxy) is 2. The van der Waals surface area contributed by atoms with E-state index in [1.807, 2.05) is 44.2 Å². The Bertz CT molecular complexity index is 1000. The Kier molecular flexibility index (Phi) is 3.39. The van der Waals surface area contributed by atoms with Crippen molar-refractivity contribution in [2.24, 2.45) is 0 Å². The summed E-state index contributed by atoms with van der Waals surface area (Å²) in [6.07, 6.45) is 0. The molecule has 25 heavy (non-hydrogen) atoms. The number of nitrogens with one attached hydrogen (secondary N) is 1. The van der Waals surface area contributed by atoms with E-state index < -0.39 is 17.9 Å². The van der Waals surface area contributed by atoms with Crippen LogP contribution in [0.5, 0.6) is 5.75 Å². The molecule has 2 aliphatic heterocycles. The van der Waals surface area contributed by atoms with Gasteiger partial charge in [0.2, 0.25) is 0 Å². The molecule has 2 aromatic rings. The van der Waals surface area contributed by atoms with E-state index in [9.17, 15) is 9.59 Å². The van der Waals surface area contributed by atoms with E-state index in [1.165, 1.54) is 7.11 Å². The predicted molar refractivity (Wildman–Crippen MR) is 92.9 cm³/mol. The molecule has 126 valence electrons. The number of rotatable bonds is 1. The van der Waals surface area contributed by atoms with Crippen LogP contribution >= 0.6 is 0 Å². The molecule has 2 aromatic carbocycles. The molecule has 0 bridgehead atoms. The minimum absolute atomic E-state index is 0.438. The van der Waals surface area contributed by atoms with Gasteiger partial charge in [0.15, 0.2) is 0 Å². The first kappa shape index (κ1) is 15.4. The second-order valence-corrected chi connectivity index (χ2v) is 6.21. The molecule has 0 saturated heterocycles. The molecular formula is C20H17NO4. The normalized spacial score (nSPS) is 19.2. The van der Waals surface area contributed by atoms with Gasteiger partial charge in [0.1, 0.15) is 5.75 Å². The van der Waals surface area contributed by atoms with Crippen molar-refractivity contribution in [3.8, 4) is 5.75 Å². The molecule has 0 fully saturated rings. The number of benzene rings is 2. The number of dihydropyridines is 1. The van der Waals surface area contributed by atoms with E-state index in [-0.39, 0.29) is 0 Å². The second-order valence-electron chi connectivity index (χ2n) is 6.21. The largest absolute Gasteiger partial charge is 0.466 e. The smallest absolute Gasteiger partial charge is 0.342 e. The van der Waals surface area contributed by atoms with Crippen LogP contribution in [0.2, 0.25) is 0 Å². The zero-order valence-electron chi connectivity index (χ0n) is 14.2. The first-order valence-electron chi connectivity index (χ1n) is 8.03. The Labute approximate surface area is 144 Å². The van der Waals surface area contributed by atoms with E-state index in [0.29, 0.717) is 28.3 Å². The van der Waals surface area contributed by atoms with Crippen molar-refractivity contribution in [2.45, 2.75) is 19.8 Å². The maximum atomic E-state index is 12.6. The topological polar surface area (TPSA) is 64.6 Å². The first-order valence-corrected chi connectivity index (χ1v) is 8.03. The lowest BCUT2D eigenvalue weighted by molar-refractivity contribution is -0.136. The van der Waals surface area contributed by atoms with Gasteiger partial charge in [0, 0.05) is 17.0 Å². The molecule has 2 aliphatic rings.